The second-order valence-electron chi connectivity index (χ2n) is 7.86. The minimum Gasteiger partial charge on any atom is -0.369 e. The third kappa shape index (κ3) is 4.08. The smallest absolute Gasteiger partial charge is 0.319 e. The minimum atomic E-state index is -0.197. The minimum absolute atomic E-state index is 0.138. The molecule has 0 radical (unpaired) electrons. The van der Waals surface area contributed by atoms with Gasteiger partial charge in [-0.25, -0.2) is 4.79 Å². The Labute approximate surface area is 161 Å². The van der Waals surface area contributed by atoms with Crippen LogP contribution in [-0.4, -0.2) is 44.2 Å². The highest BCUT2D eigenvalue weighted by Gasteiger charge is 2.45. The summed E-state index contributed by atoms with van der Waals surface area (Å²) in [7, 11) is 2.16. The van der Waals surface area contributed by atoms with Gasteiger partial charge in [-0.2, -0.15) is 0 Å². The first-order chi connectivity index (χ1) is 13.0. The Balaban J connectivity index is 1.35. The van der Waals surface area contributed by atoms with E-state index in [0.717, 1.165) is 44.7 Å². The Morgan fingerprint density at radius 2 is 1.56 bits per heavy atom. The number of nitrogens with zero attached hydrogens (tertiary/aromatic N) is 2. The lowest BCUT2D eigenvalue weighted by Gasteiger charge is -2.34. The lowest BCUT2D eigenvalue weighted by molar-refractivity contribution is 0.247. The van der Waals surface area contributed by atoms with Crippen molar-refractivity contribution in [1.82, 2.24) is 10.2 Å². The van der Waals surface area contributed by atoms with Crippen LogP contribution in [0.5, 0.6) is 0 Å². The van der Waals surface area contributed by atoms with Crippen LogP contribution in [0.25, 0.3) is 0 Å². The highest BCUT2D eigenvalue weighted by Crippen LogP contribution is 2.45. The van der Waals surface area contributed by atoms with Gasteiger partial charge in [0.1, 0.15) is 0 Å². The monoisotopic (exact) mass is 364 g/mol. The molecule has 1 aliphatic heterocycles. The molecule has 2 aromatic rings. The molecule has 0 unspecified atom stereocenters. The zero-order chi connectivity index (χ0) is 18.9. The summed E-state index contributed by atoms with van der Waals surface area (Å²) in [4.78, 5) is 17.2. The van der Waals surface area contributed by atoms with E-state index < -0.39 is 0 Å². The van der Waals surface area contributed by atoms with Gasteiger partial charge >= 0.3 is 6.03 Å². The van der Waals surface area contributed by atoms with Gasteiger partial charge in [-0.1, -0.05) is 29.8 Å². The second-order valence-corrected chi connectivity index (χ2v) is 7.86. The Morgan fingerprint density at radius 3 is 2.15 bits per heavy atom. The molecule has 2 aliphatic rings. The zero-order valence-corrected chi connectivity index (χ0v) is 16.2. The number of rotatable bonds is 4. The normalized spacial score (nSPS) is 18.8. The van der Waals surface area contributed by atoms with Crippen LogP contribution in [0.4, 0.5) is 16.2 Å². The summed E-state index contributed by atoms with van der Waals surface area (Å²) >= 11 is 0. The van der Waals surface area contributed by atoms with Crippen molar-refractivity contribution >= 4 is 17.4 Å². The predicted molar refractivity (Wildman–Crippen MR) is 110 cm³/mol. The van der Waals surface area contributed by atoms with Gasteiger partial charge in [-0.3, -0.25) is 0 Å². The number of benzene rings is 2. The van der Waals surface area contributed by atoms with E-state index in [-0.39, 0.29) is 11.6 Å². The van der Waals surface area contributed by atoms with E-state index in [1.807, 2.05) is 12.1 Å². The summed E-state index contributed by atoms with van der Waals surface area (Å²) < 4.78 is 0. The molecule has 1 saturated heterocycles. The van der Waals surface area contributed by atoms with Crippen LogP contribution in [0.15, 0.2) is 48.5 Å². The van der Waals surface area contributed by atoms with Crippen LogP contribution in [0.1, 0.15) is 24.0 Å². The molecule has 0 atom stereocenters. The van der Waals surface area contributed by atoms with Crippen molar-refractivity contribution in [2.75, 3.05) is 43.4 Å². The van der Waals surface area contributed by atoms with E-state index >= 15 is 0 Å². The van der Waals surface area contributed by atoms with Gasteiger partial charge in [0.25, 0.3) is 0 Å². The average molecular weight is 364 g/mol. The molecular weight excluding hydrogens is 336 g/mol. The number of amides is 2. The summed E-state index contributed by atoms with van der Waals surface area (Å²) in [5, 5.41) is 6.15. The Bertz CT molecular complexity index is 788. The predicted octanol–water partition coefficient (Wildman–Crippen LogP) is 3.56. The van der Waals surface area contributed by atoms with Crippen molar-refractivity contribution in [3.63, 3.8) is 0 Å². The number of piperazine rings is 1. The third-order valence-corrected chi connectivity index (χ3v) is 5.70. The van der Waals surface area contributed by atoms with E-state index in [1.54, 1.807) is 0 Å². The summed E-state index contributed by atoms with van der Waals surface area (Å²) in [5.41, 5.74) is 4.27. The van der Waals surface area contributed by atoms with Gasteiger partial charge < -0.3 is 20.4 Å². The van der Waals surface area contributed by atoms with Crippen LogP contribution < -0.4 is 15.5 Å². The molecule has 5 nitrogen and oxygen atoms in total. The highest BCUT2D eigenvalue weighted by atomic mass is 16.2. The Hall–Kier alpha value is -2.53. The first kappa shape index (κ1) is 17.9. The SMILES string of the molecule is Cc1ccc(C2(NC(=O)Nc3ccc(N4CCN(C)CC4)cc3)CC2)cc1. The first-order valence-electron chi connectivity index (χ1n) is 9.74. The molecule has 1 heterocycles. The van der Waals surface area contributed by atoms with Crippen LogP contribution in [0.2, 0.25) is 0 Å². The largest absolute Gasteiger partial charge is 0.369 e. The molecule has 142 valence electrons. The van der Waals surface area contributed by atoms with Crippen molar-refractivity contribution in [1.29, 1.82) is 0 Å². The maximum atomic E-state index is 12.5. The summed E-state index contributed by atoms with van der Waals surface area (Å²) in [5.74, 6) is 0. The molecule has 27 heavy (non-hydrogen) atoms. The average Bonchev–Trinajstić information content (AvgIpc) is 3.44. The van der Waals surface area contributed by atoms with E-state index in [2.05, 4.69) is 70.8 Å². The van der Waals surface area contributed by atoms with Gasteiger partial charge in [-0.05, 0) is 56.6 Å². The summed E-state index contributed by atoms with van der Waals surface area (Å²) in [6.45, 7) is 6.34. The molecular formula is C22H28N4O. The Morgan fingerprint density at radius 1 is 0.926 bits per heavy atom. The van der Waals surface area contributed by atoms with Crippen LogP contribution in [0.3, 0.4) is 0 Å². The molecule has 2 aromatic carbocycles. The van der Waals surface area contributed by atoms with Crippen LogP contribution >= 0.6 is 0 Å². The topological polar surface area (TPSA) is 47.6 Å². The summed E-state index contributed by atoms with van der Waals surface area (Å²) in [6.07, 6.45) is 1.98. The van der Waals surface area contributed by atoms with E-state index in [1.165, 1.54) is 16.8 Å². The highest BCUT2D eigenvalue weighted by molar-refractivity contribution is 5.90. The van der Waals surface area contributed by atoms with Gasteiger partial charge in [0, 0.05) is 37.6 Å². The van der Waals surface area contributed by atoms with Gasteiger partial charge in [0.05, 0.1) is 5.54 Å². The molecule has 1 aliphatic carbocycles. The molecule has 0 aromatic heterocycles. The number of urea groups is 1. The van der Waals surface area contributed by atoms with Crippen molar-refractivity contribution in [2.45, 2.75) is 25.3 Å². The van der Waals surface area contributed by atoms with Crippen molar-refractivity contribution in [3.8, 4) is 0 Å². The van der Waals surface area contributed by atoms with Crippen LogP contribution in [-0.2, 0) is 5.54 Å². The van der Waals surface area contributed by atoms with E-state index in [0.29, 0.717) is 0 Å². The molecule has 2 N–H and O–H groups in total. The van der Waals surface area contributed by atoms with Crippen molar-refractivity contribution in [2.24, 2.45) is 0 Å². The molecule has 4 rings (SSSR count). The molecule has 0 spiro atoms. The molecule has 1 saturated carbocycles. The maximum absolute atomic E-state index is 12.5. The van der Waals surface area contributed by atoms with Gasteiger partial charge in [0.2, 0.25) is 0 Å². The zero-order valence-electron chi connectivity index (χ0n) is 16.2. The number of carbonyl (C=O) groups excluding carboxylic acids is 1. The van der Waals surface area contributed by atoms with Crippen molar-refractivity contribution in [3.05, 3.63) is 59.7 Å². The van der Waals surface area contributed by atoms with E-state index in [9.17, 15) is 4.79 Å². The lowest BCUT2D eigenvalue weighted by atomic mass is 10.0. The quantitative estimate of drug-likeness (QED) is 0.872. The number of carbonyl (C=O) groups is 1. The fourth-order valence-electron chi connectivity index (χ4n) is 3.68. The van der Waals surface area contributed by atoms with Gasteiger partial charge in [0.15, 0.2) is 0 Å². The van der Waals surface area contributed by atoms with Crippen molar-refractivity contribution < 1.29 is 4.79 Å². The first-order valence-corrected chi connectivity index (χ1v) is 9.74. The number of hydrogen-bond donors (Lipinski definition) is 2. The maximum Gasteiger partial charge on any atom is 0.319 e. The Kier molecular flexibility index (Phi) is 4.79. The van der Waals surface area contributed by atoms with Crippen LogP contribution in [0, 0.1) is 6.92 Å². The number of aryl methyl sites for hydroxylation is 1. The summed E-state index contributed by atoms with van der Waals surface area (Å²) in [6, 6.07) is 16.5. The molecule has 2 fully saturated rings. The van der Waals surface area contributed by atoms with Gasteiger partial charge in [-0.15, -0.1) is 0 Å². The number of likely N-dealkylation sites (N-methyl/N-ethyl adjacent to an activating group) is 1. The standard InChI is InChI=1S/C22H28N4O/c1-17-3-5-18(6-4-17)22(11-12-22)24-21(27)23-19-7-9-20(10-8-19)26-15-13-25(2)14-16-26/h3-10H,11-16H2,1-2H3,(H2,23,24,27). The third-order valence-electron chi connectivity index (χ3n) is 5.70. The number of anilines is 2. The fourth-order valence-corrected chi connectivity index (χ4v) is 3.68. The molecule has 2 amide bonds. The number of nitrogens with one attached hydrogen (secondary N) is 2. The number of hydrogen-bond acceptors (Lipinski definition) is 3. The fraction of sp³-hybridized carbons (Fsp3) is 0.409. The second kappa shape index (κ2) is 7.24. The molecule has 5 heteroatoms. The van der Waals surface area contributed by atoms with E-state index in [4.69, 9.17) is 0 Å². The molecule has 0 bridgehead atoms. The lowest BCUT2D eigenvalue weighted by Crippen LogP contribution is -2.44.